The normalized spacial score (nSPS) is 8.40. The van der Waals surface area contributed by atoms with Gasteiger partial charge < -0.3 is 10.6 Å². The van der Waals surface area contributed by atoms with Crippen molar-refractivity contribution < 1.29 is 4.79 Å². The van der Waals surface area contributed by atoms with Crippen molar-refractivity contribution in [1.82, 2.24) is 9.88 Å². The fraction of sp³-hybridized carbons (Fsp3) is 0.333. The number of carbonyl (C=O) groups is 1. The summed E-state index contributed by atoms with van der Waals surface area (Å²) < 4.78 is 0. The maximum absolute atomic E-state index is 11.1. The summed E-state index contributed by atoms with van der Waals surface area (Å²) >= 11 is 0. The van der Waals surface area contributed by atoms with Gasteiger partial charge in [-0.15, -0.1) is 24.8 Å². The SMILES string of the molecule is CN(Cc1ccncc1)C(=O)CN.Cl.Cl. The molecule has 1 aromatic heterocycles. The van der Waals surface area contributed by atoms with E-state index in [0.29, 0.717) is 6.54 Å². The van der Waals surface area contributed by atoms with Gasteiger partial charge in [0.25, 0.3) is 0 Å². The average Bonchev–Trinajstić information content (AvgIpc) is 2.18. The molecule has 1 rings (SSSR count). The highest BCUT2D eigenvalue weighted by Gasteiger charge is 2.05. The first kappa shape index (κ1) is 16.6. The van der Waals surface area contributed by atoms with E-state index in [1.807, 2.05) is 12.1 Å². The fourth-order valence-corrected chi connectivity index (χ4v) is 1.01. The highest BCUT2D eigenvalue weighted by atomic mass is 35.5. The lowest BCUT2D eigenvalue weighted by Gasteiger charge is -2.15. The van der Waals surface area contributed by atoms with Crippen molar-refractivity contribution in [3.05, 3.63) is 30.1 Å². The average molecular weight is 252 g/mol. The molecule has 1 amide bonds. The van der Waals surface area contributed by atoms with Gasteiger partial charge in [0.05, 0.1) is 6.54 Å². The van der Waals surface area contributed by atoms with Crippen LogP contribution in [0.25, 0.3) is 0 Å². The molecule has 6 heteroatoms. The Bertz CT molecular complexity index is 282. The summed E-state index contributed by atoms with van der Waals surface area (Å²) in [5.41, 5.74) is 6.28. The number of hydrogen-bond acceptors (Lipinski definition) is 3. The lowest BCUT2D eigenvalue weighted by Crippen LogP contribution is -2.32. The zero-order valence-corrected chi connectivity index (χ0v) is 10.1. The number of rotatable bonds is 3. The molecular weight excluding hydrogens is 237 g/mol. The smallest absolute Gasteiger partial charge is 0.236 e. The van der Waals surface area contributed by atoms with Gasteiger partial charge in [-0.25, -0.2) is 0 Å². The Morgan fingerprint density at radius 2 is 1.93 bits per heavy atom. The molecule has 0 aliphatic heterocycles. The van der Waals surface area contributed by atoms with Gasteiger partial charge in [-0.1, -0.05) is 0 Å². The maximum Gasteiger partial charge on any atom is 0.236 e. The first-order valence-electron chi connectivity index (χ1n) is 4.07. The highest BCUT2D eigenvalue weighted by molar-refractivity contribution is 5.85. The second kappa shape index (κ2) is 8.47. The van der Waals surface area contributed by atoms with E-state index in [-0.39, 0.29) is 37.3 Å². The molecule has 1 aromatic rings. The third kappa shape index (κ3) is 5.57. The number of hydrogen-bond donors (Lipinski definition) is 1. The van der Waals surface area contributed by atoms with Crippen LogP contribution in [0.2, 0.25) is 0 Å². The Balaban J connectivity index is 0. The maximum atomic E-state index is 11.1. The molecule has 86 valence electrons. The molecule has 0 radical (unpaired) electrons. The van der Waals surface area contributed by atoms with E-state index in [2.05, 4.69) is 4.98 Å². The molecule has 0 aromatic carbocycles. The van der Waals surface area contributed by atoms with E-state index >= 15 is 0 Å². The minimum atomic E-state index is -0.0585. The van der Waals surface area contributed by atoms with Crippen molar-refractivity contribution in [2.45, 2.75) is 6.54 Å². The number of nitrogens with zero attached hydrogens (tertiary/aromatic N) is 2. The first-order chi connectivity index (χ1) is 6.24. The van der Waals surface area contributed by atoms with Crippen LogP contribution >= 0.6 is 24.8 Å². The molecule has 0 aliphatic carbocycles. The summed E-state index contributed by atoms with van der Waals surface area (Å²) in [6.45, 7) is 0.639. The van der Waals surface area contributed by atoms with Crippen LogP contribution < -0.4 is 5.73 Å². The van der Waals surface area contributed by atoms with Gasteiger partial charge in [-0.2, -0.15) is 0 Å². The molecule has 0 fully saturated rings. The van der Waals surface area contributed by atoms with Gasteiger partial charge in [0.2, 0.25) is 5.91 Å². The fourth-order valence-electron chi connectivity index (χ4n) is 1.01. The van der Waals surface area contributed by atoms with Crippen LogP contribution in [-0.2, 0) is 11.3 Å². The quantitative estimate of drug-likeness (QED) is 0.867. The Morgan fingerprint density at radius 1 is 1.40 bits per heavy atom. The minimum Gasteiger partial charge on any atom is -0.340 e. The predicted octanol–water partition coefficient (Wildman–Crippen LogP) is 0.842. The van der Waals surface area contributed by atoms with Crippen LogP contribution in [0.15, 0.2) is 24.5 Å². The van der Waals surface area contributed by atoms with E-state index in [9.17, 15) is 4.79 Å². The predicted molar refractivity (Wildman–Crippen MR) is 64.3 cm³/mol. The number of likely N-dealkylation sites (N-methyl/N-ethyl adjacent to an activating group) is 1. The molecule has 0 atom stereocenters. The third-order valence-electron chi connectivity index (χ3n) is 1.77. The monoisotopic (exact) mass is 251 g/mol. The molecule has 0 bridgehead atoms. The molecule has 0 unspecified atom stereocenters. The lowest BCUT2D eigenvalue weighted by atomic mass is 10.2. The summed E-state index contributed by atoms with van der Waals surface area (Å²) in [6.07, 6.45) is 3.41. The number of amides is 1. The minimum absolute atomic E-state index is 0. The van der Waals surface area contributed by atoms with Crippen LogP contribution in [0.1, 0.15) is 5.56 Å². The Morgan fingerprint density at radius 3 is 2.40 bits per heavy atom. The van der Waals surface area contributed by atoms with Crippen LogP contribution in [0.5, 0.6) is 0 Å². The first-order valence-corrected chi connectivity index (χ1v) is 4.07. The third-order valence-corrected chi connectivity index (χ3v) is 1.77. The molecule has 0 aliphatic rings. The van der Waals surface area contributed by atoms with E-state index in [1.165, 1.54) is 0 Å². The topological polar surface area (TPSA) is 59.2 Å². The second-order valence-electron chi connectivity index (χ2n) is 2.81. The van der Waals surface area contributed by atoms with Gasteiger partial charge in [0.15, 0.2) is 0 Å². The largest absolute Gasteiger partial charge is 0.340 e. The van der Waals surface area contributed by atoms with E-state index in [4.69, 9.17) is 5.73 Å². The zero-order valence-electron chi connectivity index (χ0n) is 8.42. The molecule has 0 saturated carbocycles. The van der Waals surface area contributed by atoms with Crippen LogP contribution in [0, 0.1) is 0 Å². The van der Waals surface area contributed by atoms with Gasteiger partial charge in [0, 0.05) is 26.0 Å². The summed E-state index contributed by atoms with van der Waals surface area (Å²) in [7, 11) is 1.73. The summed E-state index contributed by atoms with van der Waals surface area (Å²) in [5.74, 6) is -0.0585. The van der Waals surface area contributed by atoms with Gasteiger partial charge in [-0.05, 0) is 17.7 Å². The second-order valence-corrected chi connectivity index (χ2v) is 2.81. The van der Waals surface area contributed by atoms with Gasteiger partial charge in [0.1, 0.15) is 0 Å². The molecule has 15 heavy (non-hydrogen) atoms. The van der Waals surface area contributed by atoms with Crippen molar-refractivity contribution in [2.75, 3.05) is 13.6 Å². The van der Waals surface area contributed by atoms with Crippen molar-refractivity contribution in [3.63, 3.8) is 0 Å². The summed E-state index contributed by atoms with van der Waals surface area (Å²) in [5, 5.41) is 0. The summed E-state index contributed by atoms with van der Waals surface area (Å²) in [6, 6.07) is 3.75. The van der Waals surface area contributed by atoms with Gasteiger partial charge in [-0.3, -0.25) is 9.78 Å². The van der Waals surface area contributed by atoms with Crippen molar-refractivity contribution >= 4 is 30.7 Å². The molecule has 4 nitrogen and oxygen atoms in total. The number of nitrogens with two attached hydrogens (primary N) is 1. The Kier molecular flexibility index (Phi) is 9.36. The molecule has 0 saturated heterocycles. The Hall–Kier alpha value is -0.840. The van der Waals surface area contributed by atoms with E-state index < -0.39 is 0 Å². The Labute approximate surface area is 102 Å². The van der Waals surface area contributed by atoms with Crippen molar-refractivity contribution in [2.24, 2.45) is 5.73 Å². The number of carbonyl (C=O) groups excluding carboxylic acids is 1. The zero-order chi connectivity index (χ0) is 9.68. The molecule has 1 heterocycles. The number of aromatic nitrogens is 1. The number of pyridine rings is 1. The highest BCUT2D eigenvalue weighted by Crippen LogP contribution is 2.00. The lowest BCUT2D eigenvalue weighted by molar-refractivity contribution is -0.128. The summed E-state index contributed by atoms with van der Waals surface area (Å²) in [4.78, 5) is 16.6. The van der Waals surface area contributed by atoms with Crippen molar-refractivity contribution in [3.8, 4) is 0 Å². The standard InChI is InChI=1S/C9H13N3O.2ClH/c1-12(9(13)6-10)7-8-2-4-11-5-3-8;;/h2-5H,6-7,10H2,1H3;2*1H. The molecule has 2 N–H and O–H groups in total. The van der Waals surface area contributed by atoms with Crippen LogP contribution in [0.3, 0.4) is 0 Å². The van der Waals surface area contributed by atoms with Gasteiger partial charge >= 0.3 is 0 Å². The number of halogens is 2. The van der Waals surface area contributed by atoms with Crippen LogP contribution in [-0.4, -0.2) is 29.4 Å². The molecular formula is C9H15Cl2N3O. The van der Waals surface area contributed by atoms with E-state index in [0.717, 1.165) is 5.56 Å². The molecule has 0 spiro atoms. The van der Waals surface area contributed by atoms with E-state index in [1.54, 1.807) is 24.3 Å². The van der Waals surface area contributed by atoms with Crippen molar-refractivity contribution in [1.29, 1.82) is 0 Å². The van der Waals surface area contributed by atoms with Crippen LogP contribution in [0.4, 0.5) is 0 Å².